The van der Waals surface area contributed by atoms with Gasteiger partial charge in [0.15, 0.2) is 0 Å². The van der Waals surface area contributed by atoms with E-state index in [2.05, 4.69) is 10.2 Å². The summed E-state index contributed by atoms with van der Waals surface area (Å²) in [5.74, 6) is 1.71. The smallest absolute Gasteiger partial charge is 0.222 e. The fourth-order valence-corrected chi connectivity index (χ4v) is 3.83. The van der Waals surface area contributed by atoms with Crippen molar-refractivity contribution in [2.45, 2.75) is 75.7 Å². The maximum Gasteiger partial charge on any atom is 0.222 e. The molecule has 2 fully saturated rings. The standard InChI is InChI=1S/C17H27N3O3/c1-20(12-17(22)10-4-5-11-17)15(21)9-8-14-18-19-16(23-14)13-6-2-3-7-13/h13,22H,2-12H2,1H3. The van der Waals surface area contributed by atoms with Gasteiger partial charge in [-0.1, -0.05) is 25.7 Å². The second-order valence-electron chi connectivity index (χ2n) is 7.20. The number of aryl methyl sites for hydroxylation is 1. The van der Waals surface area contributed by atoms with Gasteiger partial charge in [-0.2, -0.15) is 0 Å². The molecule has 3 rings (SSSR count). The molecular weight excluding hydrogens is 294 g/mol. The highest BCUT2D eigenvalue weighted by atomic mass is 16.4. The number of rotatable bonds is 6. The molecule has 1 heterocycles. The molecule has 0 saturated heterocycles. The Morgan fingerprint density at radius 2 is 1.96 bits per heavy atom. The molecule has 0 aliphatic heterocycles. The number of likely N-dealkylation sites (N-methyl/N-ethyl adjacent to an activating group) is 1. The van der Waals surface area contributed by atoms with Crippen molar-refractivity contribution in [2.75, 3.05) is 13.6 Å². The van der Waals surface area contributed by atoms with Crippen molar-refractivity contribution < 1.29 is 14.3 Å². The van der Waals surface area contributed by atoms with Crippen LogP contribution in [0.25, 0.3) is 0 Å². The first-order valence-electron chi connectivity index (χ1n) is 8.84. The highest BCUT2D eigenvalue weighted by Gasteiger charge is 2.33. The third-order valence-corrected chi connectivity index (χ3v) is 5.23. The van der Waals surface area contributed by atoms with Crippen LogP contribution in [0.3, 0.4) is 0 Å². The molecule has 128 valence electrons. The number of amides is 1. The molecule has 0 unspecified atom stereocenters. The zero-order valence-corrected chi connectivity index (χ0v) is 14.0. The fraction of sp³-hybridized carbons (Fsp3) is 0.824. The van der Waals surface area contributed by atoms with Crippen LogP contribution in [0.5, 0.6) is 0 Å². The van der Waals surface area contributed by atoms with E-state index in [1.165, 1.54) is 12.8 Å². The molecule has 2 aliphatic rings. The zero-order chi connectivity index (χ0) is 16.3. The summed E-state index contributed by atoms with van der Waals surface area (Å²) in [5, 5.41) is 18.6. The second-order valence-corrected chi connectivity index (χ2v) is 7.20. The third kappa shape index (κ3) is 4.10. The lowest BCUT2D eigenvalue weighted by atomic mass is 10.0. The lowest BCUT2D eigenvalue weighted by Crippen LogP contribution is -2.42. The molecule has 0 aromatic carbocycles. The van der Waals surface area contributed by atoms with Crippen LogP contribution in [-0.2, 0) is 11.2 Å². The van der Waals surface area contributed by atoms with Crippen molar-refractivity contribution in [3.8, 4) is 0 Å². The van der Waals surface area contributed by atoms with E-state index in [0.717, 1.165) is 44.4 Å². The number of aromatic nitrogens is 2. The Kier molecular flexibility index (Phi) is 4.99. The largest absolute Gasteiger partial charge is 0.425 e. The molecule has 6 nitrogen and oxygen atoms in total. The topological polar surface area (TPSA) is 79.5 Å². The van der Waals surface area contributed by atoms with Gasteiger partial charge in [-0.3, -0.25) is 4.79 Å². The lowest BCUT2D eigenvalue weighted by molar-refractivity contribution is -0.133. The number of nitrogens with zero attached hydrogens (tertiary/aromatic N) is 3. The highest BCUT2D eigenvalue weighted by Crippen LogP contribution is 2.33. The first-order valence-corrected chi connectivity index (χ1v) is 8.84. The summed E-state index contributed by atoms with van der Waals surface area (Å²) in [6, 6.07) is 0. The number of hydrogen-bond acceptors (Lipinski definition) is 5. The van der Waals surface area contributed by atoms with Gasteiger partial charge in [0.05, 0.1) is 5.60 Å². The van der Waals surface area contributed by atoms with E-state index in [1.807, 2.05) is 0 Å². The summed E-state index contributed by atoms with van der Waals surface area (Å²) in [5.41, 5.74) is -0.690. The molecule has 0 radical (unpaired) electrons. The molecule has 1 N–H and O–H groups in total. The van der Waals surface area contributed by atoms with Gasteiger partial charge < -0.3 is 14.4 Å². The lowest BCUT2D eigenvalue weighted by Gasteiger charge is -2.28. The molecule has 1 aromatic heterocycles. The van der Waals surface area contributed by atoms with Gasteiger partial charge in [0.25, 0.3) is 0 Å². The molecule has 0 spiro atoms. The van der Waals surface area contributed by atoms with Crippen molar-refractivity contribution in [3.63, 3.8) is 0 Å². The monoisotopic (exact) mass is 321 g/mol. The molecule has 0 atom stereocenters. The molecular formula is C17H27N3O3. The van der Waals surface area contributed by atoms with Crippen molar-refractivity contribution in [2.24, 2.45) is 0 Å². The first-order chi connectivity index (χ1) is 11.1. The minimum atomic E-state index is -0.690. The van der Waals surface area contributed by atoms with E-state index >= 15 is 0 Å². The van der Waals surface area contributed by atoms with E-state index in [4.69, 9.17) is 4.42 Å². The predicted molar refractivity (Wildman–Crippen MR) is 84.9 cm³/mol. The number of carbonyl (C=O) groups is 1. The van der Waals surface area contributed by atoms with E-state index in [9.17, 15) is 9.90 Å². The van der Waals surface area contributed by atoms with Crippen LogP contribution in [0.2, 0.25) is 0 Å². The number of carbonyl (C=O) groups excluding carboxylic acids is 1. The second kappa shape index (κ2) is 6.99. The summed E-state index contributed by atoms with van der Waals surface area (Å²) >= 11 is 0. The van der Waals surface area contributed by atoms with Crippen LogP contribution in [-0.4, -0.2) is 45.3 Å². The van der Waals surface area contributed by atoms with Gasteiger partial charge in [-0.05, 0) is 25.7 Å². The molecule has 2 saturated carbocycles. The van der Waals surface area contributed by atoms with Gasteiger partial charge in [0.2, 0.25) is 17.7 Å². The average Bonchev–Trinajstić information content (AvgIpc) is 3.25. The Balaban J connectivity index is 1.46. The van der Waals surface area contributed by atoms with E-state index < -0.39 is 5.60 Å². The Bertz CT molecular complexity index is 531. The van der Waals surface area contributed by atoms with Crippen molar-refractivity contribution in [3.05, 3.63) is 11.8 Å². The summed E-state index contributed by atoms with van der Waals surface area (Å²) < 4.78 is 5.71. The quantitative estimate of drug-likeness (QED) is 0.870. The average molecular weight is 321 g/mol. The molecule has 1 aromatic rings. The fourth-order valence-electron chi connectivity index (χ4n) is 3.83. The number of aliphatic hydroxyl groups is 1. The molecule has 1 amide bonds. The zero-order valence-electron chi connectivity index (χ0n) is 14.0. The maximum atomic E-state index is 12.2. The Labute approximate surface area is 137 Å². The molecule has 2 aliphatic carbocycles. The van der Waals surface area contributed by atoms with Gasteiger partial charge in [0, 0.05) is 32.4 Å². The van der Waals surface area contributed by atoms with Crippen molar-refractivity contribution in [1.29, 1.82) is 0 Å². The van der Waals surface area contributed by atoms with E-state index in [-0.39, 0.29) is 5.91 Å². The Morgan fingerprint density at radius 3 is 2.65 bits per heavy atom. The molecule has 6 heteroatoms. The summed E-state index contributed by atoms with van der Waals surface area (Å²) in [4.78, 5) is 13.9. The van der Waals surface area contributed by atoms with Crippen LogP contribution in [0.4, 0.5) is 0 Å². The number of hydrogen-bond donors (Lipinski definition) is 1. The highest BCUT2D eigenvalue weighted by molar-refractivity contribution is 5.76. The van der Waals surface area contributed by atoms with Crippen molar-refractivity contribution >= 4 is 5.91 Å². The van der Waals surface area contributed by atoms with Crippen molar-refractivity contribution in [1.82, 2.24) is 15.1 Å². The SMILES string of the molecule is CN(CC1(O)CCCC1)C(=O)CCc1nnc(C2CCCC2)o1. The van der Waals surface area contributed by atoms with E-state index in [0.29, 0.717) is 31.2 Å². The minimum Gasteiger partial charge on any atom is -0.425 e. The van der Waals surface area contributed by atoms with Crippen LogP contribution >= 0.6 is 0 Å². The summed E-state index contributed by atoms with van der Waals surface area (Å²) in [6.07, 6.45) is 9.21. The maximum absolute atomic E-state index is 12.2. The van der Waals surface area contributed by atoms with Crippen LogP contribution in [0, 0.1) is 0 Å². The molecule has 23 heavy (non-hydrogen) atoms. The van der Waals surface area contributed by atoms with Gasteiger partial charge in [-0.15, -0.1) is 10.2 Å². The van der Waals surface area contributed by atoms with E-state index in [1.54, 1.807) is 11.9 Å². The normalized spacial score (nSPS) is 21.0. The third-order valence-electron chi connectivity index (χ3n) is 5.23. The Hall–Kier alpha value is -1.43. The first kappa shape index (κ1) is 16.4. The minimum absolute atomic E-state index is 0.0194. The van der Waals surface area contributed by atoms with Gasteiger partial charge in [-0.25, -0.2) is 0 Å². The van der Waals surface area contributed by atoms with Crippen LogP contribution < -0.4 is 0 Å². The summed E-state index contributed by atoms with van der Waals surface area (Å²) in [6.45, 7) is 0.420. The molecule has 0 bridgehead atoms. The Morgan fingerprint density at radius 1 is 1.26 bits per heavy atom. The predicted octanol–water partition coefficient (Wildman–Crippen LogP) is 2.42. The van der Waals surface area contributed by atoms with Gasteiger partial charge >= 0.3 is 0 Å². The van der Waals surface area contributed by atoms with Gasteiger partial charge in [0.1, 0.15) is 0 Å². The summed E-state index contributed by atoms with van der Waals surface area (Å²) in [7, 11) is 1.76. The van der Waals surface area contributed by atoms with Crippen LogP contribution in [0.15, 0.2) is 4.42 Å². The van der Waals surface area contributed by atoms with Crippen LogP contribution in [0.1, 0.15) is 75.5 Å².